The Labute approximate surface area is 106 Å². The molecule has 0 aliphatic carbocycles. The van der Waals surface area contributed by atoms with Crippen LogP contribution < -0.4 is 0 Å². The summed E-state index contributed by atoms with van der Waals surface area (Å²) in [6, 6.07) is 0. The lowest BCUT2D eigenvalue weighted by Gasteiger charge is -2.31. The number of rotatable bonds is 6. The lowest BCUT2D eigenvalue weighted by atomic mass is 9.90. The fourth-order valence-electron chi connectivity index (χ4n) is 2.15. The second kappa shape index (κ2) is 7.33. The molecule has 6 heteroatoms. The maximum absolute atomic E-state index is 11.7. The Hall–Kier alpha value is -1.14. The van der Waals surface area contributed by atoms with Gasteiger partial charge in [-0.3, -0.25) is 4.79 Å². The third-order valence-electron chi connectivity index (χ3n) is 3.00. The van der Waals surface area contributed by atoms with Crippen LogP contribution >= 0.6 is 0 Å². The molecule has 3 atom stereocenters. The van der Waals surface area contributed by atoms with Gasteiger partial charge in [0.15, 0.2) is 6.10 Å². The van der Waals surface area contributed by atoms with Crippen molar-refractivity contribution in [1.82, 2.24) is 0 Å². The van der Waals surface area contributed by atoms with E-state index in [0.717, 1.165) is 12.8 Å². The van der Waals surface area contributed by atoms with Gasteiger partial charge >= 0.3 is 11.9 Å². The van der Waals surface area contributed by atoms with Crippen molar-refractivity contribution in [2.45, 2.75) is 38.4 Å². The van der Waals surface area contributed by atoms with Gasteiger partial charge in [0.05, 0.1) is 12.7 Å². The summed E-state index contributed by atoms with van der Waals surface area (Å²) in [5.41, 5.74) is 0. The second-order valence-corrected chi connectivity index (χ2v) is 4.18. The molecule has 0 saturated carbocycles. The number of carboxylic acid groups (broad SMARTS) is 1. The van der Waals surface area contributed by atoms with Crippen molar-refractivity contribution in [2.75, 3.05) is 20.3 Å². The van der Waals surface area contributed by atoms with E-state index in [2.05, 4.69) is 0 Å². The van der Waals surface area contributed by atoms with Crippen LogP contribution in [-0.4, -0.2) is 49.6 Å². The van der Waals surface area contributed by atoms with E-state index in [1.807, 2.05) is 0 Å². The molecule has 1 rings (SSSR count). The standard InChI is InChI=1S/C12H20O6/c1-3-17-12(15)10(16-2)9(11(13)14)8-6-4-5-7-18-8/h8-10H,3-7H2,1-2H3,(H,13,14). The zero-order chi connectivity index (χ0) is 13.5. The monoisotopic (exact) mass is 260 g/mol. The summed E-state index contributed by atoms with van der Waals surface area (Å²) in [6.07, 6.45) is 0.820. The van der Waals surface area contributed by atoms with Crippen molar-refractivity contribution < 1.29 is 28.9 Å². The summed E-state index contributed by atoms with van der Waals surface area (Å²) < 4.78 is 15.3. The Kier molecular flexibility index (Phi) is 6.07. The molecule has 0 bridgehead atoms. The van der Waals surface area contributed by atoms with Crippen LogP contribution in [0.15, 0.2) is 0 Å². The van der Waals surface area contributed by atoms with Crippen LogP contribution in [0.25, 0.3) is 0 Å². The Morgan fingerprint density at radius 1 is 1.44 bits per heavy atom. The fourth-order valence-corrected chi connectivity index (χ4v) is 2.15. The molecule has 1 N–H and O–H groups in total. The first-order valence-electron chi connectivity index (χ1n) is 6.15. The van der Waals surface area contributed by atoms with Crippen LogP contribution in [0.1, 0.15) is 26.2 Å². The maximum Gasteiger partial charge on any atom is 0.336 e. The molecule has 0 amide bonds. The summed E-state index contributed by atoms with van der Waals surface area (Å²) in [5, 5.41) is 9.28. The van der Waals surface area contributed by atoms with E-state index in [9.17, 15) is 14.7 Å². The van der Waals surface area contributed by atoms with E-state index in [0.29, 0.717) is 13.0 Å². The molecular formula is C12H20O6. The first-order valence-corrected chi connectivity index (χ1v) is 6.15. The molecule has 0 aromatic carbocycles. The van der Waals surface area contributed by atoms with Gasteiger partial charge in [0.1, 0.15) is 5.92 Å². The minimum atomic E-state index is -1.12. The van der Waals surface area contributed by atoms with Crippen molar-refractivity contribution in [3.05, 3.63) is 0 Å². The molecule has 1 fully saturated rings. The van der Waals surface area contributed by atoms with E-state index < -0.39 is 30.1 Å². The van der Waals surface area contributed by atoms with E-state index in [1.165, 1.54) is 7.11 Å². The normalized spacial score (nSPS) is 23.1. The number of methoxy groups -OCH3 is 1. The van der Waals surface area contributed by atoms with Gasteiger partial charge in [0, 0.05) is 13.7 Å². The molecule has 3 unspecified atom stereocenters. The van der Waals surface area contributed by atoms with Gasteiger partial charge in [0.2, 0.25) is 0 Å². The van der Waals surface area contributed by atoms with Crippen LogP contribution in [0.3, 0.4) is 0 Å². The van der Waals surface area contributed by atoms with Crippen LogP contribution in [0, 0.1) is 5.92 Å². The number of ether oxygens (including phenoxy) is 3. The Morgan fingerprint density at radius 3 is 2.61 bits per heavy atom. The number of carbonyl (C=O) groups excluding carboxylic acids is 1. The average Bonchev–Trinajstić information content (AvgIpc) is 2.36. The predicted octanol–water partition coefficient (Wildman–Crippen LogP) is 0.834. The highest BCUT2D eigenvalue weighted by Gasteiger charge is 2.42. The molecule has 1 heterocycles. The third-order valence-corrected chi connectivity index (χ3v) is 3.00. The first-order chi connectivity index (χ1) is 8.61. The van der Waals surface area contributed by atoms with Crippen LogP contribution in [-0.2, 0) is 23.8 Å². The van der Waals surface area contributed by atoms with Gasteiger partial charge < -0.3 is 19.3 Å². The van der Waals surface area contributed by atoms with Crippen molar-refractivity contribution >= 4 is 11.9 Å². The highest BCUT2D eigenvalue weighted by molar-refractivity contribution is 5.83. The van der Waals surface area contributed by atoms with E-state index in [1.54, 1.807) is 6.92 Å². The fraction of sp³-hybridized carbons (Fsp3) is 0.833. The summed E-state index contributed by atoms with van der Waals surface area (Å²) >= 11 is 0. The molecule has 1 saturated heterocycles. The van der Waals surface area contributed by atoms with Crippen molar-refractivity contribution in [3.8, 4) is 0 Å². The molecule has 0 radical (unpaired) electrons. The molecule has 1 aliphatic heterocycles. The quantitative estimate of drug-likeness (QED) is 0.712. The van der Waals surface area contributed by atoms with Gasteiger partial charge in [0.25, 0.3) is 0 Å². The smallest absolute Gasteiger partial charge is 0.336 e. The second-order valence-electron chi connectivity index (χ2n) is 4.18. The minimum Gasteiger partial charge on any atom is -0.481 e. The van der Waals surface area contributed by atoms with E-state index in [4.69, 9.17) is 14.2 Å². The van der Waals surface area contributed by atoms with Gasteiger partial charge in [-0.15, -0.1) is 0 Å². The third kappa shape index (κ3) is 3.68. The first kappa shape index (κ1) is 14.9. The summed E-state index contributed by atoms with van der Waals surface area (Å²) in [7, 11) is 1.31. The van der Waals surface area contributed by atoms with Crippen LogP contribution in [0.5, 0.6) is 0 Å². The molecule has 6 nitrogen and oxygen atoms in total. The zero-order valence-corrected chi connectivity index (χ0v) is 10.8. The van der Waals surface area contributed by atoms with Crippen LogP contribution in [0.2, 0.25) is 0 Å². The molecule has 18 heavy (non-hydrogen) atoms. The number of hydrogen-bond donors (Lipinski definition) is 1. The van der Waals surface area contributed by atoms with Gasteiger partial charge in [-0.1, -0.05) is 0 Å². The Morgan fingerprint density at radius 2 is 2.17 bits per heavy atom. The molecule has 0 aromatic heterocycles. The van der Waals surface area contributed by atoms with Gasteiger partial charge in [-0.05, 0) is 26.2 Å². The predicted molar refractivity (Wildman–Crippen MR) is 62.1 cm³/mol. The summed E-state index contributed by atoms with van der Waals surface area (Å²) in [5.74, 6) is -2.77. The van der Waals surface area contributed by atoms with Crippen LogP contribution in [0.4, 0.5) is 0 Å². The average molecular weight is 260 g/mol. The lowest BCUT2D eigenvalue weighted by molar-refractivity contribution is -0.175. The summed E-state index contributed by atoms with van der Waals surface area (Å²) in [4.78, 5) is 23.0. The highest BCUT2D eigenvalue weighted by atomic mass is 16.6. The van der Waals surface area contributed by atoms with Gasteiger partial charge in [-0.2, -0.15) is 0 Å². The minimum absolute atomic E-state index is 0.191. The Balaban J connectivity index is 2.79. The van der Waals surface area contributed by atoms with Crippen molar-refractivity contribution in [2.24, 2.45) is 5.92 Å². The Bertz CT molecular complexity index is 284. The maximum atomic E-state index is 11.7. The number of hydrogen-bond acceptors (Lipinski definition) is 5. The molecule has 0 spiro atoms. The van der Waals surface area contributed by atoms with E-state index in [-0.39, 0.29) is 6.61 Å². The van der Waals surface area contributed by atoms with Crippen molar-refractivity contribution in [1.29, 1.82) is 0 Å². The summed E-state index contributed by atoms with van der Waals surface area (Å²) in [6.45, 7) is 2.38. The molecule has 1 aliphatic rings. The molecule has 104 valence electrons. The topological polar surface area (TPSA) is 82.1 Å². The number of carboxylic acids is 1. The molecule has 0 aromatic rings. The zero-order valence-electron chi connectivity index (χ0n) is 10.8. The number of aliphatic carboxylic acids is 1. The lowest BCUT2D eigenvalue weighted by Crippen LogP contribution is -2.46. The number of esters is 1. The van der Waals surface area contributed by atoms with E-state index >= 15 is 0 Å². The van der Waals surface area contributed by atoms with Crippen molar-refractivity contribution in [3.63, 3.8) is 0 Å². The molecular weight excluding hydrogens is 240 g/mol. The van der Waals surface area contributed by atoms with Gasteiger partial charge in [-0.25, -0.2) is 4.79 Å². The highest BCUT2D eigenvalue weighted by Crippen LogP contribution is 2.25. The number of carbonyl (C=O) groups is 2. The SMILES string of the molecule is CCOC(=O)C(OC)C(C(=O)O)C1CCCCO1. The largest absolute Gasteiger partial charge is 0.481 e.